The lowest BCUT2D eigenvalue weighted by atomic mass is 10.2. The zero-order chi connectivity index (χ0) is 10.4. The second-order valence-corrected chi connectivity index (χ2v) is 5.15. The number of aryl methyl sites for hydroxylation is 1. The van der Waals surface area contributed by atoms with Crippen molar-refractivity contribution in [2.75, 3.05) is 19.4 Å². The minimum absolute atomic E-state index is 0.296. The molecule has 0 saturated carbocycles. The van der Waals surface area contributed by atoms with E-state index in [0.717, 1.165) is 19.2 Å². The van der Waals surface area contributed by atoms with Gasteiger partial charge in [0.2, 0.25) is 0 Å². The van der Waals surface area contributed by atoms with Crippen LogP contribution < -0.4 is 0 Å². The van der Waals surface area contributed by atoms with Crippen molar-refractivity contribution in [3.63, 3.8) is 0 Å². The van der Waals surface area contributed by atoms with Crippen LogP contribution in [0.1, 0.15) is 12.5 Å². The van der Waals surface area contributed by atoms with Gasteiger partial charge in [0.05, 0.1) is 0 Å². The van der Waals surface area contributed by atoms with Crippen molar-refractivity contribution >= 4 is 8.15 Å². The SMILES string of the molecule is CCOP(C)CCc1cccc(O)c1. The van der Waals surface area contributed by atoms with E-state index < -0.39 is 0 Å². The Hall–Kier alpha value is -0.590. The molecule has 0 heterocycles. The number of hydrogen-bond donors (Lipinski definition) is 1. The maximum atomic E-state index is 9.26. The Morgan fingerprint density at radius 3 is 2.86 bits per heavy atom. The molecule has 0 aromatic heterocycles. The third-order valence-electron chi connectivity index (χ3n) is 1.98. The molecule has 1 N–H and O–H groups in total. The summed E-state index contributed by atoms with van der Waals surface area (Å²) in [5.41, 5.74) is 1.18. The fourth-order valence-corrected chi connectivity index (χ4v) is 2.43. The highest BCUT2D eigenvalue weighted by Crippen LogP contribution is 2.32. The Bertz CT molecular complexity index is 276. The number of aromatic hydroxyl groups is 1. The highest BCUT2D eigenvalue weighted by molar-refractivity contribution is 7.51. The summed E-state index contributed by atoms with van der Waals surface area (Å²) in [6, 6.07) is 7.42. The van der Waals surface area contributed by atoms with Gasteiger partial charge in [-0.1, -0.05) is 12.1 Å². The highest BCUT2D eigenvalue weighted by atomic mass is 31.1. The second kappa shape index (κ2) is 6.00. The van der Waals surface area contributed by atoms with E-state index >= 15 is 0 Å². The number of phenolic OH excluding ortho intramolecular Hbond substituents is 1. The summed E-state index contributed by atoms with van der Waals surface area (Å²) < 4.78 is 5.50. The molecule has 0 spiro atoms. The van der Waals surface area contributed by atoms with E-state index in [9.17, 15) is 5.11 Å². The van der Waals surface area contributed by atoms with E-state index in [0.29, 0.717) is 5.75 Å². The van der Waals surface area contributed by atoms with Crippen molar-refractivity contribution in [3.05, 3.63) is 29.8 Å². The van der Waals surface area contributed by atoms with Gasteiger partial charge in [0, 0.05) is 14.8 Å². The summed E-state index contributed by atoms with van der Waals surface area (Å²) in [5.74, 6) is 0.347. The van der Waals surface area contributed by atoms with Crippen LogP contribution in [0.5, 0.6) is 5.75 Å². The minimum Gasteiger partial charge on any atom is -0.508 e. The van der Waals surface area contributed by atoms with Gasteiger partial charge in [-0.15, -0.1) is 0 Å². The Labute approximate surface area is 86.8 Å². The smallest absolute Gasteiger partial charge is 0.115 e. The first-order valence-corrected chi connectivity index (χ1v) is 6.73. The number of hydrogen-bond acceptors (Lipinski definition) is 2. The van der Waals surface area contributed by atoms with E-state index in [1.807, 2.05) is 25.1 Å². The third-order valence-corrected chi connectivity index (χ3v) is 3.53. The normalized spacial score (nSPS) is 12.7. The predicted octanol–water partition coefficient (Wildman–Crippen LogP) is 3.00. The lowest BCUT2D eigenvalue weighted by molar-refractivity contribution is 0.380. The van der Waals surface area contributed by atoms with Crippen LogP contribution in [-0.2, 0) is 10.9 Å². The molecule has 1 atom stereocenters. The average molecular weight is 212 g/mol. The van der Waals surface area contributed by atoms with Crippen molar-refractivity contribution in [2.45, 2.75) is 13.3 Å². The van der Waals surface area contributed by atoms with E-state index in [1.54, 1.807) is 6.07 Å². The summed E-state index contributed by atoms with van der Waals surface area (Å²) in [4.78, 5) is 0. The molecule has 0 aliphatic carbocycles. The van der Waals surface area contributed by atoms with Crippen LogP contribution in [0.4, 0.5) is 0 Å². The molecule has 3 heteroatoms. The first-order valence-electron chi connectivity index (χ1n) is 4.84. The Kier molecular flexibility index (Phi) is 4.92. The number of phenols is 1. The Balaban J connectivity index is 2.37. The van der Waals surface area contributed by atoms with E-state index in [-0.39, 0.29) is 8.15 Å². The molecule has 0 aliphatic heterocycles. The van der Waals surface area contributed by atoms with E-state index in [2.05, 4.69) is 6.66 Å². The molecule has 1 rings (SSSR count). The standard InChI is InChI=1S/C11H17O2P/c1-3-13-14(2)8-7-10-5-4-6-11(12)9-10/h4-6,9,12H,3,7-8H2,1-2H3. The maximum Gasteiger partial charge on any atom is 0.115 e. The average Bonchev–Trinajstić information content (AvgIpc) is 2.15. The van der Waals surface area contributed by atoms with E-state index in [4.69, 9.17) is 4.52 Å². The van der Waals surface area contributed by atoms with Gasteiger partial charge in [-0.25, -0.2) is 0 Å². The fraction of sp³-hybridized carbons (Fsp3) is 0.455. The molecule has 0 fully saturated rings. The van der Waals surface area contributed by atoms with Crippen molar-refractivity contribution in [3.8, 4) is 5.75 Å². The lowest BCUT2D eigenvalue weighted by Gasteiger charge is -2.10. The van der Waals surface area contributed by atoms with E-state index in [1.165, 1.54) is 5.56 Å². The molecule has 78 valence electrons. The molecule has 0 saturated heterocycles. The summed E-state index contributed by atoms with van der Waals surface area (Å²) >= 11 is 0. The zero-order valence-corrected chi connectivity index (χ0v) is 9.63. The van der Waals surface area contributed by atoms with Crippen LogP contribution >= 0.6 is 8.15 Å². The molecule has 0 amide bonds. The topological polar surface area (TPSA) is 29.5 Å². The number of benzene rings is 1. The molecular formula is C11H17O2P. The Morgan fingerprint density at radius 2 is 2.21 bits per heavy atom. The van der Waals surface area contributed by atoms with Gasteiger partial charge >= 0.3 is 0 Å². The molecule has 1 aromatic rings. The van der Waals surface area contributed by atoms with Crippen molar-refractivity contribution < 1.29 is 9.63 Å². The summed E-state index contributed by atoms with van der Waals surface area (Å²) in [5, 5.41) is 9.26. The maximum absolute atomic E-state index is 9.26. The molecule has 2 nitrogen and oxygen atoms in total. The number of rotatable bonds is 5. The van der Waals surface area contributed by atoms with Crippen LogP contribution in [0, 0.1) is 0 Å². The van der Waals surface area contributed by atoms with Crippen LogP contribution in [-0.4, -0.2) is 24.5 Å². The van der Waals surface area contributed by atoms with Gasteiger partial charge in [0.15, 0.2) is 0 Å². The van der Waals surface area contributed by atoms with Crippen LogP contribution in [0.15, 0.2) is 24.3 Å². The predicted molar refractivity (Wildman–Crippen MR) is 61.1 cm³/mol. The molecule has 0 aliphatic rings. The second-order valence-electron chi connectivity index (χ2n) is 3.19. The Morgan fingerprint density at radius 1 is 1.43 bits per heavy atom. The van der Waals surface area contributed by atoms with Gasteiger partial charge in [0.25, 0.3) is 0 Å². The molecule has 1 unspecified atom stereocenters. The first-order chi connectivity index (χ1) is 6.72. The van der Waals surface area contributed by atoms with Crippen LogP contribution in [0.3, 0.4) is 0 Å². The summed E-state index contributed by atoms with van der Waals surface area (Å²) in [7, 11) is -0.296. The monoisotopic (exact) mass is 212 g/mol. The molecule has 14 heavy (non-hydrogen) atoms. The van der Waals surface area contributed by atoms with Crippen molar-refractivity contribution in [2.24, 2.45) is 0 Å². The third kappa shape index (κ3) is 4.08. The molecule has 1 aromatic carbocycles. The fourth-order valence-electron chi connectivity index (χ4n) is 1.28. The quantitative estimate of drug-likeness (QED) is 0.760. The largest absolute Gasteiger partial charge is 0.508 e. The van der Waals surface area contributed by atoms with Gasteiger partial charge < -0.3 is 9.63 Å². The van der Waals surface area contributed by atoms with Crippen LogP contribution in [0.2, 0.25) is 0 Å². The summed E-state index contributed by atoms with van der Waals surface area (Å²) in [6.45, 7) is 4.96. The van der Waals surface area contributed by atoms with Gasteiger partial charge in [-0.05, 0) is 43.9 Å². The lowest BCUT2D eigenvalue weighted by Crippen LogP contribution is -1.93. The molecule has 0 bridgehead atoms. The van der Waals surface area contributed by atoms with Gasteiger partial charge in [0.1, 0.15) is 5.75 Å². The zero-order valence-electron chi connectivity index (χ0n) is 8.73. The van der Waals surface area contributed by atoms with Gasteiger partial charge in [-0.3, -0.25) is 0 Å². The van der Waals surface area contributed by atoms with Crippen molar-refractivity contribution in [1.82, 2.24) is 0 Å². The minimum atomic E-state index is -0.296. The first kappa shape index (κ1) is 11.5. The van der Waals surface area contributed by atoms with Crippen molar-refractivity contribution in [1.29, 1.82) is 0 Å². The summed E-state index contributed by atoms with van der Waals surface area (Å²) in [6.07, 6.45) is 2.04. The van der Waals surface area contributed by atoms with Crippen LogP contribution in [0.25, 0.3) is 0 Å². The molecule has 0 radical (unpaired) electrons. The van der Waals surface area contributed by atoms with Gasteiger partial charge in [-0.2, -0.15) is 0 Å². The highest BCUT2D eigenvalue weighted by Gasteiger charge is 2.01. The molecular weight excluding hydrogens is 195 g/mol.